The molecule has 0 aliphatic carbocycles. The Balaban J connectivity index is 1.75. The Hall–Kier alpha value is -2.29. The lowest BCUT2D eigenvalue weighted by Crippen LogP contribution is -2.40. The predicted octanol–water partition coefficient (Wildman–Crippen LogP) is 4.53. The molecule has 0 fully saturated rings. The summed E-state index contributed by atoms with van der Waals surface area (Å²) >= 11 is 1.54. The lowest BCUT2D eigenvalue weighted by molar-refractivity contribution is -0.117. The summed E-state index contributed by atoms with van der Waals surface area (Å²) in [5, 5.41) is 19.7. The number of anilines is 4. The smallest absolute Gasteiger partial charge is 0.247 e. The maximum absolute atomic E-state index is 12.4. The van der Waals surface area contributed by atoms with Crippen LogP contribution in [0, 0.1) is 5.92 Å². The number of aromatic nitrogens is 4. The highest BCUT2D eigenvalue weighted by molar-refractivity contribution is 7.15. The first-order valence-electron chi connectivity index (χ1n) is 10.0. The van der Waals surface area contributed by atoms with Crippen LogP contribution in [0.1, 0.15) is 70.7 Å². The molecule has 2 atom stereocenters. The van der Waals surface area contributed by atoms with E-state index in [1.165, 1.54) is 19.2 Å². The Morgan fingerprint density at radius 3 is 2.79 bits per heavy atom. The zero-order valence-electron chi connectivity index (χ0n) is 17.0. The van der Waals surface area contributed by atoms with E-state index in [4.69, 9.17) is 0 Å². The highest BCUT2D eigenvalue weighted by Crippen LogP contribution is 2.35. The summed E-state index contributed by atoms with van der Waals surface area (Å²) in [4.78, 5) is 21.0. The minimum Gasteiger partial charge on any atom is -0.356 e. The SMILES string of the molecule is CCCCC(CC)c1nnc(Nc2ncnc3c2NC(=O)C(CC(C)C)N3)s1. The van der Waals surface area contributed by atoms with E-state index in [0.29, 0.717) is 34.3 Å². The molecular weight excluding hydrogens is 374 g/mol. The lowest BCUT2D eigenvalue weighted by Gasteiger charge is -2.27. The summed E-state index contributed by atoms with van der Waals surface area (Å²) in [6.07, 6.45) is 6.77. The molecule has 152 valence electrons. The Morgan fingerprint density at radius 1 is 1.25 bits per heavy atom. The Labute approximate surface area is 170 Å². The summed E-state index contributed by atoms with van der Waals surface area (Å²) in [7, 11) is 0. The van der Waals surface area contributed by atoms with Crippen molar-refractivity contribution in [3.05, 3.63) is 11.3 Å². The van der Waals surface area contributed by atoms with Crippen LogP contribution in [0.3, 0.4) is 0 Å². The standard InChI is InChI=1S/C19H29N7OS/c1-5-7-8-12(6-2)18-25-26-19(28-18)24-16-14-15(20-10-21-16)22-13(9-11(3)4)17(27)23-14/h10-13H,5-9H2,1-4H3,(H,23,27)(H2,20,21,22,24,26). The van der Waals surface area contributed by atoms with E-state index in [9.17, 15) is 4.79 Å². The first-order valence-corrected chi connectivity index (χ1v) is 10.9. The molecule has 1 aliphatic rings. The van der Waals surface area contributed by atoms with Crippen molar-refractivity contribution < 1.29 is 4.79 Å². The zero-order chi connectivity index (χ0) is 20.1. The van der Waals surface area contributed by atoms with E-state index in [1.807, 2.05) is 0 Å². The van der Waals surface area contributed by atoms with Crippen LogP contribution < -0.4 is 16.0 Å². The number of unbranched alkanes of at least 4 members (excludes halogenated alkanes) is 1. The fraction of sp³-hybridized carbons (Fsp3) is 0.632. The molecule has 3 N–H and O–H groups in total. The van der Waals surface area contributed by atoms with Gasteiger partial charge in [-0.05, 0) is 25.2 Å². The maximum atomic E-state index is 12.4. The van der Waals surface area contributed by atoms with Gasteiger partial charge in [0.15, 0.2) is 11.6 Å². The van der Waals surface area contributed by atoms with E-state index in [2.05, 4.69) is 63.8 Å². The molecule has 8 nitrogen and oxygen atoms in total. The molecule has 1 amide bonds. The summed E-state index contributed by atoms with van der Waals surface area (Å²) in [6, 6.07) is -0.285. The van der Waals surface area contributed by atoms with Crippen LogP contribution in [-0.2, 0) is 4.79 Å². The monoisotopic (exact) mass is 403 g/mol. The van der Waals surface area contributed by atoms with Crippen molar-refractivity contribution in [3.63, 3.8) is 0 Å². The first kappa shape index (κ1) is 20.4. The number of amides is 1. The van der Waals surface area contributed by atoms with Crippen molar-refractivity contribution in [2.75, 3.05) is 16.0 Å². The van der Waals surface area contributed by atoms with Gasteiger partial charge in [0, 0.05) is 5.92 Å². The zero-order valence-corrected chi connectivity index (χ0v) is 17.8. The van der Waals surface area contributed by atoms with Crippen molar-refractivity contribution in [3.8, 4) is 0 Å². The Kier molecular flexibility index (Phi) is 6.77. The topological polar surface area (TPSA) is 105 Å². The highest BCUT2D eigenvalue weighted by atomic mass is 32.1. The molecule has 0 saturated carbocycles. The van der Waals surface area contributed by atoms with Gasteiger partial charge in [0.2, 0.25) is 11.0 Å². The third-order valence-electron chi connectivity index (χ3n) is 4.84. The maximum Gasteiger partial charge on any atom is 0.247 e. The summed E-state index contributed by atoms with van der Waals surface area (Å²) in [6.45, 7) is 8.57. The van der Waals surface area contributed by atoms with Crippen LogP contribution in [0.2, 0.25) is 0 Å². The van der Waals surface area contributed by atoms with E-state index in [0.717, 1.165) is 24.3 Å². The lowest BCUT2D eigenvalue weighted by atomic mass is 10.0. The number of rotatable bonds is 9. The fourth-order valence-corrected chi connectivity index (χ4v) is 4.25. The van der Waals surface area contributed by atoms with E-state index in [-0.39, 0.29) is 11.9 Å². The number of nitrogens with zero attached hydrogens (tertiary/aromatic N) is 4. The van der Waals surface area contributed by atoms with Crippen molar-refractivity contribution in [2.24, 2.45) is 5.92 Å². The van der Waals surface area contributed by atoms with Gasteiger partial charge in [0.05, 0.1) is 0 Å². The quantitative estimate of drug-likeness (QED) is 0.565. The Bertz CT molecular complexity index is 807. The van der Waals surface area contributed by atoms with Gasteiger partial charge in [-0.15, -0.1) is 10.2 Å². The number of carbonyl (C=O) groups excluding carboxylic acids is 1. The average Bonchev–Trinajstić information content (AvgIpc) is 3.12. The van der Waals surface area contributed by atoms with E-state index < -0.39 is 0 Å². The molecule has 2 aromatic heterocycles. The molecule has 0 radical (unpaired) electrons. The third kappa shape index (κ3) is 4.76. The second-order valence-corrected chi connectivity index (χ2v) is 8.59. The second-order valence-electron chi connectivity index (χ2n) is 7.58. The van der Waals surface area contributed by atoms with Crippen LogP contribution in [0.25, 0.3) is 0 Å². The first-order chi connectivity index (χ1) is 13.5. The van der Waals surface area contributed by atoms with Gasteiger partial charge >= 0.3 is 0 Å². The van der Waals surface area contributed by atoms with Gasteiger partial charge < -0.3 is 16.0 Å². The summed E-state index contributed by atoms with van der Waals surface area (Å²) < 4.78 is 0. The molecule has 3 rings (SSSR count). The van der Waals surface area contributed by atoms with Crippen LogP contribution in [-0.4, -0.2) is 32.1 Å². The molecule has 0 bridgehead atoms. The molecule has 0 spiro atoms. The van der Waals surface area contributed by atoms with Crippen molar-refractivity contribution in [1.29, 1.82) is 0 Å². The Morgan fingerprint density at radius 2 is 2.07 bits per heavy atom. The molecule has 0 aromatic carbocycles. The van der Waals surface area contributed by atoms with Gasteiger partial charge in [-0.1, -0.05) is 51.9 Å². The number of hydrogen-bond donors (Lipinski definition) is 3. The molecule has 1 aliphatic heterocycles. The van der Waals surface area contributed by atoms with E-state index in [1.54, 1.807) is 11.3 Å². The third-order valence-corrected chi connectivity index (χ3v) is 5.85. The van der Waals surface area contributed by atoms with Gasteiger partial charge in [0.25, 0.3) is 0 Å². The molecule has 2 aromatic rings. The van der Waals surface area contributed by atoms with E-state index >= 15 is 0 Å². The van der Waals surface area contributed by atoms with Crippen molar-refractivity contribution in [1.82, 2.24) is 20.2 Å². The molecular formula is C19H29N7OS. The molecule has 0 saturated heterocycles. The summed E-state index contributed by atoms with van der Waals surface area (Å²) in [5.74, 6) is 1.93. The van der Waals surface area contributed by atoms with Crippen LogP contribution >= 0.6 is 11.3 Å². The summed E-state index contributed by atoms with van der Waals surface area (Å²) in [5.41, 5.74) is 0.558. The van der Waals surface area contributed by atoms with Crippen LogP contribution in [0.4, 0.5) is 22.5 Å². The number of hydrogen-bond acceptors (Lipinski definition) is 8. The molecule has 2 unspecified atom stereocenters. The molecule has 3 heterocycles. The highest BCUT2D eigenvalue weighted by Gasteiger charge is 2.29. The van der Waals surface area contributed by atoms with Gasteiger partial charge in [-0.3, -0.25) is 4.79 Å². The normalized spacial score (nSPS) is 17.0. The molecule has 28 heavy (non-hydrogen) atoms. The fourth-order valence-electron chi connectivity index (χ4n) is 3.29. The minimum atomic E-state index is -0.285. The van der Waals surface area contributed by atoms with Crippen molar-refractivity contribution >= 4 is 39.7 Å². The average molecular weight is 404 g/mol. The number of carbonyl (C=O) groups is 1. The van der Waals surface area contributed by atoms with Crippen molar-refractivity contribution in [2.45, 2.75) is 71.8 Å². The van der Waals surface area contributed by atoms with Gasteiger partial charge in [0.1, 0.15) is 23.1 Å². The largest absolute Gasteiger partial charge is 0.356 e. The second kappa shape index (κ2) is 9.27. The van der Waals surface area contributed by atoms with Gasteiger partial charge in [-0.2, -0.15) is 0 Å². The number of fused-ring (bicyclic) bond motifs is 1. The van der Waals surface area contributed by atoms with Gasteiger partial charge in [-0.25, -0.2) is 9.97 Å². The van der Waals surface area contributed by atoms with Crippen LogP contribution in [0.15, 0.2) is 6.33 Å². The number of nitrogens with one attached hydrogen (secondary N) is 3. The molecule has 9 heteroatoms. The predicted molar refractivity (Wildman–Crippen MR) is 113 cm³/mol. The minimum absolute atomic E-state index is 0.0670. The van der Waals surface area contributed by atoms with Crippen LogP contribution in [0.5, 0.6) is 0 Å².